The lowest BCUT2D eigenvalue weighted by molar-refractivity contribution is 0.480. The molecule has 0 saturated carbocycles. The molecule has 5 nitrogen and oxygen atoms in total. The molecule has 2 aromatic rings. The number of sulfonamides is 1. The van der Waals surface area contributed by atoms with E-state index in [-0.39, 0.29) is 5.92 Å². The summed E-state index contributed by atoms with van der Waals surface area (Å²) in [6.45, 7) is 0.931. The lowest BCUT2D eigenvalue weighted by Gasteiger charge is -2.13. The van der Waals surface area contributed by atoms with Crippen LogP contribution in [0.1, 0.15) is 23.6 Å². The van der Waals surface area contributed by atoms with Crippen molar-refractivity contribution >= 4 is 27.7 Å². The molecule has 120 valence electrons. The monoisotopic (exact) mass is 349 g/mol. The van der Waals surface area contributed by atoms with Crippen LogP contribution >= 0.6 is 11.6 Å². The fourth-order valence-electron chi connectivity index (χ4n) is 2.55. The maximum Gasteiger partial charge on any atom is 0.236 e. The number of hydrogen-bond donors (Lipinski definition) is 0. The average molecular weight is 350 g/mol. The number of rotatable bonds is 4. The van der Waals surface area contributed by atoms with Crippen LogP contribution in [-0.4, -0.2) is 35.8 Å². The van der Waals surface area contributed by atoms with Crippen LogP contribution in [0.4, 0.5) is 0 Å². The lowest BCUT2D eigenvalue weighted by Crippen LogP contribution is -2.26. The summed E-state index contributed by atoms with van der Waals surface area (Å²) in [7, 11) is -3.44. The first kappa shape index (κ1) is 16.1. The van der Waals surface area contributed by atoms with Gasteiger partial charge in [0.15, 0.2) is 0 Å². The van der Waals surface area contributed by atoms with Gasteiger partial charge >= 0.3 is 0 Å². The number of nitrogens with zero attached hydrogens (tertiary/aromatic N) is 3. The van der Waals surface area contributed by atoms with E-state index in [9.17, 15) is 8.42 Å². The first-order valence-corrected chi connectivity index (χ1v) is 9.12. The van der Waals surface area contributed by atoms with Crippen molar-refractivity contribution in [3.8, 4) is 0 Å². The van der Waals surface area contributed by atoms with E-state index in [0.717, 1.165) is 17.7 Å². The molecule has 1 unspecified atom stereocenters. The highest BCUT2D eigenvalue weighted by molar-refractivity contribution is 7.92. The molecule has 0 bridgehead atoms. The van der Waals surface area contributed by atoms with E-state index in [1.165, 1.54) is 9.71 Å². The number of aromatic nitrogens is 2. The molecule has 23 heavy (non-hydrogen) atoms. The fraction of sp³-hybridized carbons (Fsp3) is 0.250. The zero-order valence-electron chi connectivity index (χ0n) is 12.3. The van der Waals surface area contributed by atoms with Crippen molar-refractivity contribution in [2.24, 2.45) is 0 Å². The normalized spacial score (nSPS) is 19.4. The van der Waals surface area contributed by atoms with Crippen LogP contribution in [0.2, 0.25) is 5.02 Å². The second-order valence-corrected chi connectivity index (χ2v) is 7.63. The van der Waals surface area contributed by atoms with Crippen molar-refractivity contribution in [2.45, 2.75) is 12.3 Å². The molecule has 1 aromatic heterocycles. The standard InChI is InChI=1S/C16H16ClN3O2S/c17-15-3-1-13(2-4-15)6-10-23(21,22)20-9-5-14(12-20)16-11-18-7-8-19-16/h1-4,6-8,10-11,14H,5,9,12H2/b10-6+. The fourth-order valence-corrected chi connectivity index (χ4v) is 3.92. The molecule has 0 amide bonds. The van der Waals surface area contributed by atoms with Gasteiger partial charge < -0.3 is 0 Å². The smallest absolute Gasteiger partial charge is 0.236 e. The van der Waals surface area contributed by atoms with E-state index in [2.05, 4.69) is 9.97 Å². The molecule has 0 aliphatic carbocycles. The van der Waals surface area contributed by atoms with Gasteiger partial charge in [0.2, 0.25) is 10.0 Å². The van der Waals surface area contributed by atoms with E-state index in [1.54, 1.807) is 48.9 Å². The molecular formula is C16H16ClN3O2S. The molecule has 7 heteroatoms. The highest BCUT2D eigenvalue weighted by Gasteiger charge is 2.31. The van der Waals surface area contributed by atoms with E-state index in [0.29, 0.717) is 18.1 Å². The molecule has 1 saturated heterocycles. The maximum atomic E-state index is 12.4. The quantitative estimate of drug-likeness (QED) is 0.851. The Labute approximate surface area is 140 Å². The Kier molecular flexibility index (Phi) is 4.75. The molecule has 0 radical (unpaired) electrons. The van der Waals surface area contributed by atoms with Crippen LogP contribution in [0.5, 0.6) is 0 Å². The molecule has 1 aromatic carbocycles. The molecule has 2 heterocycles. The Morgan fingerprint density at radius 2 is 2.00 bits per heavy atom. The maximum absolute atomic E-state index is 12.4. The zero-order valence-corrected chi connectivity index (χ0v) is 13.9. The Morgan fingerprint density at radius 1 is 1.22 bits per heavy atom. The lowest BCUT2D eigenvalue weighted by atomic mass is 10.1. The average Bonchev–Trinajstić information content (AvgIpc) is 3.06. The Hall–Kier alpha value is -1.76. The summed E-state index contributed by atoms with van der Waals surface area (Å²) in [4.78, 5) is 8.31. The summed E-state index contributed by atoms with van der Waals surface area (Å²) >= 11 is 5.82. The van der Waals surface area contributed by atoms with Crippen LogP contribution in [-0.2, 0) is 10.0 Å². The third kappa shape index (κ3) is 3.96. The second-order valence-electron chi connectivity index (χ2n) is 5.37. The zero-order chi connectivity index (χ0) is 16.3. The second kappa shape index (κ2) is 6.78. The number of benzene rings is 1. The Bertz CT molecular complexity index is 792. The molecule has 1 fully saturated rings. The van der Waals surface area contributed by atoms with Gasteiger partial charge in [-0.25, -0.2) is 8.42 Å². The predicted octanol–water partition coefficient (Wildman–Crippen LogP) is 2.92. The van der Waals surface area contributed by atoms with E-state index < -0.39 is 10.0 Å². The highest BCUT2D eigenvalue weighted by Crippen LogP contribution is 2.27. The summed E-state index contributed by atoms with van der Waals surface area (Å²) in [6.07, 6.45) is 7.28. The van der Waals surface area contributed by atoms with Crippen molar-refractivity contribution in [2.75, 3.05) is 13.1 Å². The SMILES string of the molecule is O=S(=O)(/C=C/c1ccc(Cl)cc1)N1CCC(c2cnccn2)C1. The summed E-state index contributed by atoms with van der Waals surface area (Å²) < 4.78 is 26.3. The van der Waals surface area contributed by atoms with Crippen molar-refractivity contribution in [1.29, 1.82) is 0 Å². The molecule has 1 aliphatic heterocycles. The van der Waals surface area contributed by atoms with Crippen molar-refractivity contribution in [3.05, 3.63) is 64.5 Å². The Morgan fingerprint density at radius 3 is 2.70 bits per heavy atom. The van der Waals surface area contributed by atoms with Gasteiger partial charge in [-0.2, -0.15) is 4.31 Å². The van der Waals surface area contributed by atoms with Crippen LogP contribution in [0.3, 0.4) is 0 Å². The van der Waals surface area contributed by atoms with Gasteiger partial charge in [0, 0.05) is 48.0 Å². The number of halogens is 1. The van der Waals surface area contributed by atoms with E-state index in [1.807, 2.05) is 0 Å². The predicted molar refractivity (Wildman–Crippen MR) is 90.4 cm³/mol. The van der Waals surface area contributed by atoms with Gasteiger partial charge in [-0.05, 0) is 30.2 Å². The third-order valence-corrected chi connectivity index (χ3v) is 5.60. The molecule has 3 rings (SSSR count). The minimum atomic E-state index is -3.44. The summed E-state index contributed by atoms with van der Waals surface area (Å²) in [5.74, 6) is 0.0995. The van der Waals surface area contributed by atoms with E-state index in [4.69, 9.17) is 11.6 Å². The molecule has 0 N–H and O–H groups in total. The summed E-state index contributed by atoms with van der Waals surface area (Å²) in [6, 6.07) is 7.02. The topological polar surface area (TPSA) is 63.2 Å². The van der Waals surface area contributed by atoms with Crippen molar-refractivity contribution in [1.82, 2.24) is 14.3 Å². The minimum Gasteiger partial charge on any atom is -0.261 e. The van der Waals surface area contributed by atoms with Crippen molar-refractivity contribution < 1.29 is 8.42 Å². The summed E-state index contributed by atoms with van der Waals surface area (Å²) in [5, 5.41) is 1.87. The molecule has 0 spiro atoms. The molecular weight excluding hydrogens is 334 g/mol. The minimum absolute atomic E-state index is 0.0995. The van der Waals surface area contributed by atoms with Gasteiger partial charge in [0.25, 0.3) is 0 Å². The highest BCUT2D eigenvalue weighted by atomic mass is 35.5. The number of hydrogen-bond acceptors (Lipinski definition) is 4. The van der Waals surface area contributed by atoms with Gasteiger partial charge in [-0.1, -0.05) is 23.7 Å². The third-order valence-electron chi connectivity index (χ3n) is 3.81. The van der Waals surface area contributed by atoms with Crippen molar-refractivity contribution in [3.63, 3.8) is 0 Å². The van der Waals surface area contributed by atoms with Gasteiger partial charge in [-0.3, -0.25) is 9.97 Å². The van der Waals surface area contributed by atoms with E-state index >= 15 is 0 Å². The van der Waals surface area contributed by atoms with Crippen LogP contribution < -0.4 is 0 Å². The molecule has 1 aliphatic rings. The van der Waals surface area contributed by atoms with Crippen LogP contribution in [0.15, 0.2) is 48.3 Å². The van der Waals surface area contributed by atoms with Crippen LogP contribution in [0.25, 0.3) is 6.08 Å². The van der Waals surface area contributed by atoms with Gasteiger partial charge in [0.1, 0.15) is 0 Å². The van der Waals surface area contributed by atoms with Gasteiger partial charge in [-0.15, -0.1) is 0 Å². The largest absolute Gasteiger partial charge is 0.261 e. The van der Waals surface area contributed by atoms with Gasteiger partial charge in [0.05, 0.1) is 5.69 Å². The summed E-state index contributed by atoms with van der Waals surface area (Å²) in [5.41, 5.74) is 1.63. The Balaban J connectivity index is 1.70. The molecule has 1 atom stereocenters. The first-order valence-electron chi connectivity index (χ1n) is 7.24. The first-order chi connectivity index (χ1) is 11.0. The van der Waals surface area contributed by atoms with Crippen LogP contribution in [0, 0.1) is 0 Å².